The van der Waals surface area contributed by atoms with Gasteiger partial charge in [0.15, 0.2) is 0 Å². The highest BCUT2D eigenvalue weighted by atomic mass is 79.9. The van der Waals surface area contributed by atoms with Crippen molar-refractivity contribution in [3.8, 4) is 5.75 Å². The zero-order valence-electron chi connectivity index (χ0n) is 11.4. The second-order valence-electron chi connectivity index (χ2n) is 4.90. The maximum atomic E-state index is 9.79. The van der Waals surface area contributed by atoms with Crippen molar-refractivity contribution in [1.82, 2.24) is 5.32 Å². The molecule has 0 bridgehead atoms. The Bertz CT molecular complexity index is 367. The number of aliphatic hydroxyl groups excluding tert-OH is 1. The largest absolute Gasteiger partial charge is 0.491 e. The number of hydrogen-bond donors (Lipinski definition) is 3. The number of hydrogen-bond acceptors (Lipinski definition) is 4. The minimum absolute atomic E-state index is 0.225. The summed E-state index contributed by atoms with van der Waals surface area (Å²) in [6.45, 7) is 4.77. The number of nitrogens with one attached hydrogen (secondary N) is 1. The second-order valence-corrected chi connectivity index (χ2v) is 5.82. The first-order chi connectivity index (χ1) is 8.93. The molecule has 4 nitrogen and oxygen atoms in total. The zero-order chi connectivity index (χ0) is 14.3. The van der Waals surface area contributed by atoms with Crippen molar-refractivity contribution in [2.24, 2.45) is 0 Å². The van der Waals surface area contributed by atoms with E-state index in [-0.39, 0.29) is 6.61 Å². The fraction of sp³-hybridized carbons (Fsp3) is 0.571. The second kappa shape index (κ2) is 7.85. The van der Waals surface area contributed by atoms with E-state index in [1.807, 2.05) is 31.2 Å². The Kier molecular flexibility index (Phi) is 6.79. The molecule has 3 N–H and O–H groups in total. The Morgan fingerprint density at radius 3 is 2.58 bits per heavy atom. The summed E-state index contributed by atoms with van der Waals surface area (Å²) in [6.07, 6.45) is 0.0715. The van der Waals surface area contributed by atoms with Crippen LogP contribution in [0.5, 0.6) is 5.75 Å². The Balaban J connectivity index is 2.21. The highest BCUT2D eigenvalue weighted by Crippen LogP contribution is 2.16. The van der Waals surface area contributed by atoms with Gasteiger partial charge in [-0.25, -0.2) is 0 Å². The van der Waals surface area contributed by atoms with E-state index in [9.17, 15) is 10.2 Å². The molecule has 2 unspecified atom stereocenters. The first kappa shape index (κ1) is 16.4. The molecule has 1 aromatic carbocycles. The van der Waals surface area contributed by atoms with Gasteiger partial charge < -0.3 is 20.3 Å². The molecule has 1 rings (SSSR count). The van der Waals surface area contributed by atoms with Gasteiger partial charge in [-0.3, -0.25) is 0 Å². The minimum Gasteiger partial charge on any atom is -0.491 e. The Morgan fingerprint density at radius 2 is 2.00 bits per heavy atom. The van der Waals surface area contributed by atoms with Gasteiger partial charge in [-0.05, 0) is 37.6 Å². The van der Waals surface area contributed by atoms with E-state index in [0.29, 0.717) is 19.5 Å². The van der Waals surface area contributed by atoms with Gasteiger partial charge in [0.1, 0.15) is 18.5 Å². The molecule has 2 atom stereocenters. The molecule has 0 aromatic heterocycles. The maximum Gasteiger partial charge on any atom is 0.119 e. The van der Waals surface area contributed by atoms with Gasteiger partial charge in [0.25, 0.3) is 0 Å². The molecular weight excluding hydrogens is 310 g/mol. The summed E-state index contributed by atoms with van der Waals surface area (Å²) in [7, 11) is 0. The van der Waals surface area contributed by atoms with E-state index in [2.05, 4.69) is 21.2 Å². The van der Waals surface area contributed by atoms with Crippen LogP contribution in [0.4, 0.5) is 0 Å². The third kappa shape index (κ3) is 6.92. The average Bonchev–Trinajstić information content (AvgIpc) is 2.38. The number of aliphatic hydroxyl groups is 2. The molecule has 19 heavy (non-hydrogen) atoms. The molecule has 0 heterocycles. The van der Waals surface area contributed by atoms with Crippen LogP contribution < -0.4 is 10.1 Å². The summed E-state index contributed by atoms with van der Waals surface area (Å²) in [5.74, 6) is 0.725. The monoisotopic (exact) mass is 331 g/mol. The predicted octanol–water partition coefficient (Wildman–Crippen LogP) is 1.94. The topological polar surface area (TPSA) is 61.7 Å². The van der Waals surface area contributed by atoms with Crippen molar-refractivity contribution in [1.29, 1.82) is 0 Å². The molecule has 0 spiro atoms. The first-order valence-electron chi connectivity index (χ1n) is 6.42. The van der Waals surface area contributed by atoms with Gasteiger partial charge in [0.05, 0.1) is 5.60 Å². The number of benzene rings is 1. The quantitative estimate of drug-likeness (QED) is 0.681. The van der Waals surface area contributed by atoms with Gasteiger partial charge in [-0.2, -0.15) is 0 Å². The van der Waals surface area contributed by atoms with E-state index < -0.39 is 11.7 Å². The zero-order valence-corrected chi connectivity index (χ0v) is 13.0. The molecule has 108 valence electrons. The fourth-order valence-electron chi connectivity index (χ4n) is 1.42. The highest BCUT2D eigenvalue weighted by Gasteiger charge is 2.17. The van der Waals surface area contributed by atoms with Crippen LogP contribution in [0.25, 0.3) is 0 Å². The molecule has 0 fully saturated rings. The van der Waals surface area contributed by atoms with Crippen LogP contribution in [0.3, 0.4) is 0 Å². The van der Waals surface area contributed by atoms with Crippen molar-refractivity contribution in [3.63, 3.8) is 0 Å². The van der Waals surface area contributed by atoms with Crippen LogP contribution in [0, 0.1) is 0 Å². The van der Waals surface area contributed by atoms with E-state index in [1.165, 1.54) is 0 Å². The fourth-order valence-corrected chi connectivity index (χ4v) is 1.68. The van der Waals surface area contributed by atoms with Crippen molar-refractivity contribution < 1.29 is 14.9 Å². The van der Waals surface area contributed by atoms with Gasteiger partial charge in [-0.1, -0.05) is 22.9 Å². The van der Waals surface area contributed by atoms with Crippen LogP contribution in [-0.4, -0.2) is 41.6 Å². The lowest BCUT2D eigenvalue weighted by Crippen LogP contribution is -2.41. The average molecular weight is 332 g/mol. The van der Waals surface area contributed by atoms with Crippen LogP contribution >= 0.6 is 15.9 Å². The summed E-state index contributed by atoms with van der Waals surface area (Å²) in [5, 5.41) is 22.6. The lowest BCUT2D eigenvalue weighted by Gasteiger charge is -2.22. The number of ether oxygens (including phenoxy) is 1. The van der Waals surface area contributed by atoms with Crippen LogP contribution in [0.2, 0.25) is 0 Å². The van der Waals surface area contributed by atoms with Crippen molar-refractivity contribution in [2.75, 3.05) is 19.7 Å². The lowest BCUT2D eigenvalue weighted by molar-refractivity contribution is 0.0476. The highest BCUT2D eigenvalue weighted by molar-refractivity contribution is 9.10. The van der Waals surface area contributed by atoms with Crippen molar-refractivity contribution in [3.05, 3.63) is 28.7 Å². The lowest BCUT2D eigenvalue weighted by atomic mass is 10.0. The standard InChI is InChI=1S/C14H22BrNO3/c1-3-14(2,18)10-16-8-12(17)9-19-13-6-4-11(15)5-7-13/h4-7,12,16-18H,3,8-10H2,1-2H3. The van der Waals surface area contributed by atoms with Crippen molar-refractivity contribution in [2.45, 2.75) is 32.0 Å². The molecule has 1 aromatic rings. The molecule has 0 amide bonds. The van der Waals surface area contributed by atoms with Crippen LogP contribution in [0.1, 0.15) is 20.3 Å². The smallest absolute Gasteiger partial charge is 0.119 e. The molecule has 0 aliphatic carbocycles. The third-order valence-corrected chi connectivity index (χ3v) is 3.43. The van der Waals surface area contributed by atoms with Crippen molar-refractivity contribution >= 4 is 15.9 Å². The molecular formula is C14H22BrNO3. The Morgan fingerprint density at radius 1 is 1.37 bits per heavy atom. The van der Waals surface area contributed by atoms with E-state index in [0.717, 1.165) is 10.2 Å². The van der Waals surface area contributed by atoms with Gasteiger partial charge >= 0.3 is 0 Å². The molecule has 0 aliphatic rings. The number of rotatable bonds is 8. The maximum absolute atomic E-state index is 9.79. The van der Waals surface area contributed by atoms with Gasteiger partial charge in [-0.15, -0.1) is 0 Å². The van der Waals surface area contributed by atoms with E-state index in [1.54, 1.807) is 6.92 Å². The molecule has 0 aliphatic heterocycles. The van der Waals surface area contributed by atoms with Gasteiger partial charge in [0.2, 0.25) is 0 Å². The third-order valence-electron chi connectivity index (χ3n) is 2.90. The van der Waals surface area contributed by atoms with Gasteiger partial charge in [0, 0.05) is 17.6 Å². The summed E-state index contributed by atoms with van der Waals surface area (Å²) >= 11 is 3.35. The predicted molar refractivity (Wildman–Crippen MR) is 79.4 cm³/mol. The van der Waals surface area contributed by atoms with E-state index in [4.69, 9.17) is 4.74 Å². The summed E-state index contributed by atoms with van der Waals surface area (Å²) in [4.78, 5) is 0. The molecule has 5 heteroatoms. The number of halogens is 1. The normalized spacial score (nSPS) is 15.8. The first-order valence-corrected chi connectivity index (χ1v) is 7.22. The summed E-state index contributed by atoms with van der Waals surface area (Å²) in [6, 6.07) is 7.45. The Labute approximate surface area is 122 Å². The molecule has 0 radical (unpaired) electrons. The Hall–Kier alpha value is -0.620. The SMILES string of the molecule is CCC(C)(O)CNCC(O)COc1ccc(Br)cc1. The van der Waals surface area contributed by atoms with E-state index >= 15 is 0 Å². The van der Waals surface area contributed by atoms with Crippen LogP contribution in [-0.2, 0) is 0 Å². The van der Waals surface area contributed by atoms with Crippen LogP contribution in [0.15, 0.2) is 28.7 Å². The summed E-state index contributed by atoms with van der Waals surface area (Å²) in [5.41, 5.74) is -0.730. The summed E-state index contributed by atoms with van der Waals surface area (Å²) < 4.78 is 6.45. The molecule has 0 saturated heterocycles. The minimum atomic E-state index is -0.730. The molecule has 0 saturated carbocycles.